The Morgan fingerprint density at radius 1 is 1.10 bits per heavy atom. The van der Waals surface area contributed by atoms with Gasteiger partial charge in [-0.3, -0.25) is 10.1 Å². The molecule has 0 amide bonds. The van der Waals surface area contributed by atoms with Gasteiger partial charge in [0.25, 0.3) is 5.69 Å². The summed E-state index contributed by atoms with van der Waals surface area (Å²) in [6.45, 7) is 0. The zero-order chi connectivity index (χ0) is 14.7. The van der Waals surface area contributed by atoms with Gasteiger partial charge in [-0.2, -0.15) is 0 Å². The summed E-state index contributed by atoms with van der Waals surface area (Å²) in [5.74, 6) is 0. The van der Waals surface area contributed by atoms with E-state index < -0.39 is 4.92 Å². The van der Waals surface area contributed by atoms with Gasteiger partial charge in [0.05, 0.1) is 4.92 Å². The molecule has 104 valence electrons. The minimum Gasteiger partial charge on any atom is -0.258 e. The summed E-state index contributed by atoms with van der Waals surface area (Å²) in [6.07, 6.45) is 0.640. The smallest absolute Gasteiger partial charge is 0.258 e. The predicted octanol–water partition coefficient (Wildman–Crippen LogP) is 5.58. The Kier molecular flexibility index (Phi) is 5.02. The van der Waals surface area contributed by atoms with Crippen LogP contribution in [0.25, 0.3) is 0 Å². The zero-order valence-electron chi connectivity index (χ0n) is 10.2. The van der Waals surface area contributed by atoms with Gasteiger partial charge in [-0.1, -0.05) is 57.3 Å². The third-order valence-electron chi connectivity index (χ3n) is 2.88. The fraction of sp³-hybridized carbons (Fsp3) is 0.143. The first kappa shape index (κ1) is 15.3. The summed E-state index contributed by atoms with van der Waals surface area (Å²) in [5.41, 5.74) is 1.87. The zero-order valence-corrected chi connectivity index (χ0v) is 13.3. The quantitative estimate of drug-likeness (QED) is 0.398. The topological polar surface area (TPSA) is 43.1 Å². The molecule has 0 spiro atoms. The first-order chi connectivity index (χ1) is 9.49. The lowest BCUT2D eigenvalue weighted by molar-refractivity contribution is -0.384. The molecule has 0 N–H and O–H groups in total. The summed E-state index contributed by atoms with van der Waals surface area (Å²) in [5, 5.41) is 11.8. The Labute approximate surface area is 134 Å². The average Bonchev–Trinajstić information content (AvgIpc) is 2.39. The average molecular weight is 375 g/mol. The Balaban J connectivity index is 2.19. The van der Waals surface area contributed by atoms with Crippen LogP contribution in [0.15, 0.2) is 42.5 Å². The maximum absolute atomic E-state index is 10.6. The van der Waals surface area contributed by atoms with E-state index in [1.165, 1.54) is 12.1 Å². The molecule has 0 saturated heterocycles. The number of benzene rings is 2. The van der Waals surface area contributed by atoms with E-state index in [-0.39, 0.29) is 10.5 Å². The highest BCUT2D eigenvalue weighted by Crippen LogP contribution is 2.37. The number of halogens is 3. The molecule has 1 atom stereocenters. The van der Waals surface area contributed by atoms with E-state index in [0.717, 1.165) is 11.1 Å². The normalized spacial score (nSPS) is 12.2. The van der Waals surface area contributed by atoms with Crippen molar-refractivity contribution in [2.45, 2.75) is 11.2 Å². The molecule has 0 bridgehead atoms. The monoisotopic (exact) mass is 373 g/mol. The maximum atomic E-state index is 10.6. The summed E-state index contributed by atoms with van der Waals surface area (Å²) < 4.78 is 0. The van der Waals surface area contributed by atoms with E-state index in [4.69, 9.17) is 23.2 Å². The van der Waals surface area contributed by atoms with Crippen molar-refractivity contribution in [1.29, 1.82) is 0 Å². The minimum absolute atomic E-state index is 0.0508. The lowest BCUT2D eigenvalue weighted by atomic mass is 10.0. The van der Waals surface area contributed by atoms with Crippen LogP contribution in [0.3, 0.4) is 0 Å². The molecule has 0 heterocycles. The first-order valence-electron chi connectivity index (χ1n) is 5.80. The Bertz CT molecular complexity index is 611. The molecule has 0 radical (unpaired) electrons. The number of non-ortho nitro benzene ring substituents is 1. The summed E-state index contributed by atoms with van der Waals surface area (Å²) in [7, 11) is 0. The third-order valence-corrected chi connectivity index (χ3v) is 4.32. The van der Waals surface area contributed by atoms with Crippen LogP contribution in [0, 0.1) is 10.1 Å². The highest BCUT2D eigenvalue weighted by atomic mass is 79.9. The van der Waals surface area contributed by atoms with Gasteiger partial charge >= 0.3 is 0 Å². The van der Waals surface area contributed by atoms with Crippen LogP contribution < -0.4 is 0 Å². The Hall–Kier alpha value is -1.10. The third kappa shape index (κ3) is 3.51. The van der Waals surface area contributed by atoms with Crippen molar-refractivity contribution in [1.82, 2.24) is 0 Å². The van der Waals surface area contributed by atoms with Crippen molar-refractivity contribution in [2.24, 2.45) is 0 Å². The lowest BCUT2D eigenvalue weighted by Gasteiger charge is -2.13. The molecule has 0 aliphatic carbocycles. The number of alkyl halides is 1. The SMILES string of the molecule is O=[N+]([O-])c1ccc(CC(Br)c2c(Cl)cccc2Cl)cc1. The molecular weight excluding hydrogens is 365 g/mol. The van der Waals surface area contributed by atoms with E-state index in [0.29, 0.717) is 16.5 Å². The van der Waals surface area contributed by atoms with Crippen molar-refractivity contribution in [3.63, 3.8) is 0 Å². The number of nitro benzene ring substituents is 1. The lowest BCUT2D eigenvalue weighted by Crippen LogP contribution is -1.98. The minimum atomic E-state index is -0.416. The van der Waals surface area contributed by atoms with E-state index in [1.54, 1.807) is 30.3 Å². The van der Waals surface area contributed by atoms with E-state index in [9.17, 15) is 10.1 Å². The van der Waals surface area contributed by atoms with Gasteiger partial charge in [-0.05, 0) is 24.1 Å². The van der Waals surface area contributed by atoms with Gasteiger partial charge in [-0.15, -0.1) is 0 Å². The van der Waals surface area contributed by atoms with Crippen LogP contribution in [0.4, 0.5) is 5.69 Å². The summed E-state index contributed by atoms with van der Waals surface area (Å²) in [4.78, 5) is 10.1. The fourth-order valence-electron chi connectivity index (χ4n) is 1.87. The second kappa shape index (κ2) is 6.57. The Morgan fingerprint density at radius 3 is 2.15 bits per heavy atom. The van der Waals surface area contributed by atoms with Crippen molar-refractivity contribution >= 4 is 44.8 Å². The van der Waals surface area contributed by atoms with Crippen molar-refractivity contribution in [2.75, 3.05) is 0 Å². The first-order valence-corrected chi connectivity index (χ1v) is 7.47. The maximum Gasteiger partial charge on any atom is 0.269 e. The Morgan fingerprint density at radius 2 is 1.65 bits per heavy atom. The molecule has 0 fully saturated rings. The van der Waals surface area contributed by atoms with Gasteiger partial charge < -0.3 is 0 Å². The predicted molar refractivity (Wildman–Crippen MR) is 84.9 cm³/mol. The second-order valence-electron chi connectivity index (χ2n) is 4.23. The summed E-state index contributed by atoms with van der Waals surface area (Å²) >= 11 is 15.9. The molecule has 0 aromatic heterocycles. The van der Waals surface area contributed by atoms with Gasteiger partial charge in [0, 0.05) is 32.6 Å². The molecule has 2 rings (SSSR count). The standard InChI is InChI=1S/C14H10BrCl2NO2/c15-11(14-12(16)2-1-3-13(14)17)8-9-4-6-10(7-5-9)18(19)20/h1-7,11H,8H2. The molecular formula is C14H10BrCl2NO2. The number of nitrogens with zero attached hydrogens (tertiary/aromatic N) is 1. The van der Waals surface area contributed by atoms with Crippen molar-refractivity contribution in [3.05, 3.63) is 73.8 Å². The van der Waals surface area contributed by atoms with E-state index in [1.807, 2.05) is 0 Å². The molecule has 1 unspecified atom stereocenters. The molecule has 6 heteroatoms. The van der Waals surface area contributed by atoms with E-state index in [2.05, 4.69) is 15.9 Å². The number of hydrogen-bond donors (Lipinski definition) is 0. The van der Waals surface area contributed by atoms with Crippen LogP contribution >= 0.6 is 39.1 Å². The molecule has 2 aromatic carbocycles. The van der Waals surface area contributed by atoms with Gasteiger partial charge in [-0.25, -0.2) is 0 Å². The number of hydrogen-bond acceptors (Lipinski definition) is 2. The van der Waals surface area contributed by atoms with Crippen molar-refractivity contribution in [3.8, 4) is 0 Å². The molecule has 0 aliphatic heterocycles. The largest absolute Gasteiger partial charge is 0.269 e. The van der Waals surface area contributed by atoms with Gasteiger partial charge in [0.1, 0.15) is 0 Å². The molecule has 0 aliphatic rings. The van der Waals surface area contributed by atoms with Crippen LogP contribution in [-0.2, 0) is 6.42 Å². The molecule has 3 nitrogen and oxygen atoms in total. The van der Waals surface area contributed by atoms with Crippen molar-refractivity contribution < 1.29 is 4.92 Å². The van der Waals surface area contributed by atoms with Gasteiger partial charge in [0.2, 0.25) is 0 Å². The number of nitro groups is 1. The second-order valence-corrected chi connectivity index (χ2v) is 6.15. The van der Waals surface area contributed by atoms with Crippen LogP contribution in [0.5, 0.6) is 0 Å². The van der Waals surface area contributed by atoms with E-state index >= 15 is 0 Å². The van der Waals surface area contributed by atoms with Crippen LogP contribution in [0.1, 0.15) is 16.0 Å². The van der Waals surface area contributed by atoms with Crippen LogP contribution in [-0.4, -0.2) is 4.92 Å². The fourth-order valence-corrected chi connectivity index (χ4v) is 3.66. The highest BCUT2D eigenvalue weighted by Gasteiger charge is 2.16. The van der Waals surface area contributed by atoms with Gasteiger partial charge in [0.15, 0.2) is 0 Å². The highest BCUT2D eigenvalue weighted by molar-refractivity contribution is 9.09. The summed E-state index contributed by atoms with van der Waals surface area (Å²) in [6, 6.07) is 11.8. The molecule has 20 heavy (non-hydrogen) atoms. The van der Waals surface area contributed by atoms with Crippen LogP contribution in [0.2, 0.25) is 10.0 Å². The molecule has 2 aromatic rings. The molecule has 0 saturated carbocycles. The number of rotatable bonds is 4.